The molecule has 1 unspecified atom stereocenters. The zero-order valence-electron chi connectivity index (χ0n) is 12.6. The second-order valence-corrected chi connectivity index (χ2v) is 8.03. The number of benzene rings is 1. The highest BCUT2D eigenvalue weighted by Crippen LogP contribution is 2.21. The van der Waals surface area contributed by atoms with Gasteiger partial charge in [0.15, 0.2) is 9.84 Å². The van der Waals surface area contributed by atoms with Crippen LogP contribution in [0.2, 0.25) is 5.02 Å². The monoisotopic (exact) mass is 344 g/mol. The SMILES string of the molecule is CCN(C(=O)CCNc1ccccc1Cl)C1CCS(=O)(=O)C1. The lowest BCUT2D eigenvalue weighted by molar-refractivity contribution is -0.132. The summed E-state index contributed by atoms with van der Waals surface area (Å²) in [6, 6.07) is 7.18. The van der Waals surface area contributed by atoms with Crippen LogP contribution in [0.25, 0.3) is 0 Å². The van der Waals surface area contributed by atoms with Crippen LogP contribution in [0.1, 0.15) is 19.8 Å². The van der Waals surface area contributed by atoms with Crippen molar-refractivity contribution in [3.05, 3.63) is 29.3 Å². The van der Waals surface area contributed by atoms with Crippen LogP contribution in [0.15, 0.2) is 24.3 Å². The summed E-state index contributed by atoms with van der Waals surface area (Å²) in [5.74, 6) is 0.244. The molecule has 122 valence electrons. The van der Waals surface area contributed by atoms with E-state index < -0.39 is 9.84 Å². The van der Waals surface area contributed by atoms with Gasteiger partial charge in [0.2, 0.25) is 5.91 Å². The molecule has 0 spiro atoms. The molecule has 5 nitrogen and oxygen atoms in total. The Balaban J connectivity index is 1.87. The van der Waals surface area contributed by atoms with Gasteiger partial charge in [0, 0.05) is 25.6 Å². The molecule has 1 saturated heterocycles. The van der Waals surface area contributed by atoms with Crippen LogP contribution in [0.4, 0.5) is 5.69 Å². The van der Waals surface area contributed by atoms with E-state index in [9.17, 15) is 13.2 Å². The molecule has 2 rings (SSSR count). The fraction of sp³-hybridized carbons (Fsp3) is 0.533. The third-order valence-corrected chi connectivity index (χ3v) is 5.92. The number of amides is 1. The average Bonchev–Trinajstić information content (AvgIpc) is 2.82. The van der Waals surface area contributed by atoms with E-state index in [-0.39, 0.29) is 23.5 Å². The van der Waals surface area contributed by atoms with Gasteiger partial charge in [-0.1, -0.05) is 23.7 Å². The van der Waals surface area contributed by atoms with Crippen molar-refractivity contribution in [1.29, 1.82) is 0 Å². The largest absolute Gasteiger partial charge is 0.383 e. The summed E-state index contributed by atoms with van der Waals surface area (Å²) in [5, 5.41) is 3.75. The molecule has 1 aliphatic rings. The topological polar surface area (TPSA) is 66.5 Å². The maximum Gasteiger partial charge on any atom is 0.224 e. The van der Waals surface area contributed by atoms with E-state index in [1.807, 2.05) is 25.1 Å². The summed E-state index contributed by atoms with van der Waals surface area (Å²) < 4.78 is 23.1. The molecule has 1 amide bonds. The lowest BCUT2D eigenvalue weighted by atomic mass is 10.2. The first-order valence-electron chi connectivity index (χ1n) is 7.41. The van der Waals surface area contributed by atoms with Gasteiger partial charge in [-0.15, -0.1) is 0 Å². The summed E-state index contributed by atoms with van der Waals surface area (Å²) in [4.78, 5) is 14.0. The molecule has 1 heterocycles. The Bertz CT molecular complexity index is 633. The molecule has 1 atom stereocenters. The fourth-order valence-corrected chi connectivity index (χ4v) is 4.64. The number of anilines is 1. The quantitative estimate of drug-likeness (QED) is 0.859. The average molecular weight is 345 g/mol. The van der Waals surface area contributed by atoms with Crippen LogP contribution < -0.4 is 5.32 Å². The molecule has 0 bridgehead atoms. The number of nitrogens with zero attached hydrogens (tertiary/aromatic N) is 1. The maximum atomic E-state index is 12.3. The Morgan fingerprint density at radius 1 is 1.41 bits per heavy atom. The summed E-state index contributed by atoms with van der Waals surface area (Å²) in [7, 11) is -2.98. The summed E-state index contributed by atoms with van der Waals surface area (Å²) in [6.07, 6.45) is 0.857. The smallest absolute Gasteiger partial charge is 0.224 e. The first-order valence-corrected chi connectivity index (χ1v) is 9.61. The number of carbonyl (C=O) groups excluding carboxylic acids is 1. The van der Waals surface area contributed by atoms with Gasteiger partial charge in [-0.3, -0.25) is 4.79 Å². The van der Waals surface area contributed by atoms with Crippen molar-refractivity contribution < 1.29 is 13.2 Å². The van der Waals surface area contributed by atoms with Crippen molar-refractivity contribution in [1.82, 2.24) is 4.90 Å². The van der Waals surface area contributed by atoms with E-state index in [1.54, 1.807) is 11.0 Å². The molecule has 0 aliphatic carbocycles. The Labute approximate surface area is 136 Å². The second-order valence-electron chi connectivity index (χ2n) is 5.39. The summed E-state index contributed by atoms with van der Waals surface area (Å²) in [5.41, 5.74) is 0.795. The first kappa shape index (κ1) is 17.1. The molecule has 0 radical (unpaired) electrons. The van der Waals surface area contributed by atoms with Gasteiger partial charge in [-0.05, 0) is 25.5 Å². The molecule has 7 heteroatoms. The van der Waals surface area contributed by atoms with E-state index in [0.717, 1.165) is 5.69 Å². The predicted octanol–water partition coefficient (Wildman–Crippen LogP) is 2.18. The highest BCUT2D eigenvalue weighted by Gasteiger charge is 2.33. The summed E-state index contributed by atoms with van der Waals surface area (Å²) >= 11 is 6.04. The van der Waals surface area contributed by atoms with Crippen molar-refractivity contribution in [3.8, 4) is 0 Å². The molecular formula is C15H21ClN2O3S. The maximum absolute atomic E-state index is 12.3. The lowest BCUT2D eigenvalue weighted by Gasteiger charge is -2.27. The highest BCUT2D eigenvalue weighted by atomic mass is 35.5. The zero-order valence-corrected chi connectivity index (χ0v) is 14.2. The minimum Gasteiger partial charge on any atom is -0.383 e. The van der Waals surface area contributed by atoms with Crippen molar-refractivity contribution in [2.75, 3.05) is 29.9 Å². The minimum absolute atomic E-state index is 0.0239. The molecule has 22 heavy (non-hydrogen) atoms. The number of nitrogens with one attached hydrogen (secondary N) is 1. The van der Waals surface area contributed by atoms with Crippen LogP contribution in [0.3, 0.4) is 0 Å². The fourth-order valence-electron chi connectivity index (χ4n) is 2.71. The number of carbonyl (C=O) groups is 1. The van der Waals surface area contributed by atoms with E-state index in [2.05, 4.69) is 5.32 Å². The molecule has 0 saturated carbocycles. The van der Waals surface area contributed by atoms with Crippen LogP contribution in [-0.2, 0) is 14.6 Å². The van der Waals surface area contributed by atoms with Gasteiger partial charge in [0.05, 0.1) is 22.2 Å². The van der Waals surface area contributed by atoms with Crippen molar-refractivity contribution >= 4 is 33.0 Å². The van der Waals surface area contributed by atoms with Gasteiger partial charge >= 0.3 is 0 Å². The minimum atomic E-state index is -2.98. The van der Waals surface area contributed by atoms with Gasteiger partial charge < -0.3 is 10.2 Å². The second kappa shape index (κ2) is 7.33. The number of para-hydroxylation sites is 1. The van der Waals surface area contributed by atoms with Gasteiger partial charge in [-0.25, -0.2) is 8.42 Å². The molecule has 1 aromatic carbocycles. The van der Waals surface area contributed by atoms with Crippen LogP contribution in [0.5, 0.6) is 0 Å². The molecular weight excluding hydrogens is 324 g/mol. The number of sulfone groups is 1. The third-order valence-electron chi connectivity index (χ3n) is 3.84. The van der Waals surface area contributed by atoms with Crippen molar-refractivity contribution in [3.63, 3.8) is 0 Å². The molecule has 1 aliphatic heterocycles. The van der Waals surface area contributed by atoms with E-state index >= 15 is 0 Å². The Morgan fingerprint density at radius 2 is 2.14 bits per heavy atom. The molecule has 1 N–H and O–H groups in total. The molecule has 1 fully saturated rings. The first-order chi connectivity index (χ1) is 10.4. The number of halogens is 1. The standard InChI is InChI=1S/C15H21ClN2O3S/c1-2-18(12-8-10-22(20,21)11-12)15(19)7-9-17-14-6-4-3-5-13(14)16/h3-6,12,17H,2,7-11H2,1H3. The van der Waals surface area contributed by atoms with Crippen LogP contribution in [-0.4, -0.2) is 49.9 Å². The van der Waals surface area contributed by atoms with Gasteiger partial charge in [-0.2, -0.15) is 0 Å². The summed E-state index contributed by atoms with van der Waals surface area (Å²) in [6.45, 7) is 2.88. The van der Waals surface area contributed by atoms with E-state index in [1.165, 1.54) is 0 Å². The Morgan fingerprint density at radius 3 is 2.73 bits per heavy atom. The van der Waals surface area contributed by atoms with Gasteiger partial charge in [0.25, 0.3) is 0 Å². The molecule has 0 aromatic heterocycles. The van der Waals surface area contributed by atoms with Crippen molar-refractivity contribution in [2.24, 2.45) is 0 Å². The number of hydrogen-bond acceptors (Lipinski definition) is 4. The normalized spacial score (nSPS) is 19.8. The highest BCUT2D eigenvalue weighted by molar-refractivity contribution is 7.91. The van der Waals surface area contributed by atoms with Crippen LogP contribution in [0, 0.1) is 0 Å². The predicted molar refractivity (Wildman–Crippen MR) is 89.0 cm³/mol. The number of rotatable bonds is 6. The van der Waals surface area contributed by atoms with E-state index in [0.29, 0.717) is 31.0 Å². The van der Waals surface area contributed by atoms with E-state index in [4.69, 9.17) is 11.6 Å². The van der Waals surface area contributed by atoms with Crippen molar-refractivity contribution in [2.45, 2.75) is 25.8 Å². The Hall–Kier alpha value is -1.27. The lowest BCUT2D eigenvalue weighted by Crippen LogP contribution is -2.41. The van der Waals surface area contributed by atoms with Crippen LogP contribution >= 0.6 is 11.6 Å². The number of hydrogen-bond donors (Lipinski definition) is 1. The molecule has 1 aromatic rings. The van der Waals surface area contributed by atoms with Gasteiger partial charge in [0.1, 0.15) is 0 Å². The Kier molecular flexibility index (Phi) is 5.69. The third kappa shape index (κ3) is 4.36. The zero-order chi connectivity index (χ0) is 16.2.